The summed E-state index contributed by atoms with van der Waals surface area (Å²) in [7, 11) is 0. The van der Waals surface area contributed by atoms with Crippen LogP contribution in [0.15, 0.2) is 48.0 Å². The van der Waals surface area contributed by atoms with Crippen LogP contribution < -0.4 is 11.3 Å². The molecule has 5 atom stereocenters. The third-order valence-electron chi connectivity index (χ3n) is 5.34. The van der Waals surface area contributed by atoms with Crippen molar-refractivity contribution in [1.29, 1.82) is 0 Å². The molecule has 1 aromatic carbocycles. The van der Waals surface area contributed by atoms with Gasteiger partial charge < -0.3 is 30.7 Å². The van der Waals surface area contributed by atoms with Crippen LogP contribution in [0.1, 0.15) is 24.1 Å². The molecule has 1 saturated carbocycles. The number of aromatic amines is 1. The fourth-order valence-electron chi connectivity index (χ4n) is 3.92. The van der Waals surface area contributed by atoms with Crippen molar-refractivity contribution in [2.75, 3.05) is 0 Å². The average Bonchev–Trinajstić information content (AvgIpc) is 3.23. The molecule has 9 heteroatoms. The molecule has 6 N–H and O–H groups in total. The first-order valence-electron chi connectivity index (χ1n) is 8.59. The van der Waals surface area contributed by atoms with Crippen molar-refractivity contribution in [3.05, 3.63) is 58.9 Å². The first-order valence-corrected chi connectivity index (χ1v) is 8.97. The van der Waals surface area contributed by atoms with Crippen molar-refractivity contribution in [1.82, 2.24) is 14.5 Å². The number of halogens is 1. The summed E-state index contributed by atoms with van der Waals surface area (Å²) >= 11 is 5.90. The van der Waals surface area contributed by atoms with E-state index in [2.05, 4.69) is 15.1 Å². The predicted molar refractivity (Wildman–Crippen MR) is 99.4 cm³/mol. The Hall–Kier alpha value is -2.39. The molecule has 0 radical (unpaired) electrons. The van der Waals surface area contributed by atoms with Crippen molar-refractivity contribution in [2.45, 2.75) is 30.8 Å². The van der Waals surface area contributed by atoms with E-state index in [0.29, 0.717) is 33.5 Å². The zero-order chi connectivity index (χ0) is 19.1. The van der Waals surface area contributed by atoms with E-state index < -0.39 is 30.3 Å². The fourth-order valence-corrected chi connectivity index (χ4v) is 4.05. The van der Waals surface area contributed by atoms with Gasteiger partial charge in [0.05, 0.1) is 30.0 Å². The SMILES string of the molecule is N/N=c1/nc[nH]c2c1ccn2[C@@H]1C[C@H](C(O)c2ccc(Cl)cc2)[C@@H](O)[C@H]1O. The minimum atomic E-state index is -1.07. The summed E-state index contributed by atoms with van der Waals surface area (Å²) in [6, 6.07) is 8.20. The number of nitrogens with two attached hydrogens (primary N) is 1. The van der Waals surface area contributed by atoms with Gasteiger partial charge in [-0.3, -0.25) is 0 Å². The van der Waals surface area contributed by atoms with Crippen LogP contribution >= 0.6 is 11.6 Å². The Labute approximate surface area is 159 Å². The first-order chi connectivity index (χ1) is 13.0. The molecule has 3 aromatic rings. The summed E-state index contributed by atoms with van der Waals surface area (Å²) in [6.07, 6.45) is 0.628. The molecule has 27 heavy (non-hydrogen) atoms. The molecular formula is C18H20ClN5O3. The van der Waals surface area contributed by atoms with Crippen LogP contribution in [0.5, 0.6) is 0 Å². The molecule has 0 bridgehead atoms. The maximum Gasteiger partial charge on any atom is 0.183 e. The minimum Gasteiger partial charge on any atom is -0.390 e. The summed E-state index contributed by atoms with van der Waals surface area (Å²) < 4.78 is 1.83. The molecule has 0 saturated heterocycles. The molecule has 4 rings (SSSR count). The van der Waals surface area contributed by atoms with Gasteiger partial charge in [-0.2, -0.15) is 5.10 Å². The van der Waals surface area contributed by atoms with E-state index >= 15 is 0 Å². The monoisotopic (exact) mass is 389 g/mol. The summed E-state index contributed by atoms with van der Waals surface area (Å²) in [4.78, 5) is 7.10. The lowest BCUT2D eigenvalue weighted by atomic mass is 9.92. The van der Waals surface area contributed by atoms with Crippen LogP contribution in [0.3, 0.4) is 0 Å². The Kier molecular flexibility index (Phi) is 4.65. The van der Waals surface area contributed by atoms with Gasteiger partial charge in [-0.25, -0.2) is 4.98 Å². The minimum absolute atomic E-state index is 0.383. The second-order valence-electron chi connectivity index (χ2n) is 6.79. The van der Waals surface area contributed by atoms with Gasteiger partial charge >= 0.3 is 0 Å². The fraction of sp³-hybridized carbons (Fsp3) is 0.333. The number of aromatic nitrogens is 3. The second-order valence-corrected chi connectivity index (χ2v) is 7.22. The number of hydrogen-bond acceptors (Lipinski definition) is 6. The van der Waals surface area contributed by atoms with Gasteiger partial charge in [0, 0.05) is 17.1 Å². The summed E-state index contributed by atoms with van der Waals surface area (Å²) in [5.74, 6) is 4.85. The van der Waals surface area contributed by atoms with Gasteiger partial charge in [0.2, 0.25) is 0 Å². The van der Waals surface area contributed by atoms with Gasteiger partial charge in [-0.15, -0.1) is 0 Å². The molecule has 1 unspecified atom stereocenters. The normalized spacial score (nSPS) is 27.3. The molecule has 0 aliphatic heterocycles. The van der Waals surface area contributed by atoms with Crippen molar-refractivity contribution in [3.63, 3.8) is 0 Å². The van der Waals surface area contributed by atoms with Crippen molar-refractivity contribution in [2.24, 2.45) is 16.9 Å². The maximum atomic E-state index is 10.7. The third-order valence-corrected chi connectivity index (χ3v) is 5.59. The third kappa shape index (κ3) is 3.00. The number of nitrogens with one attached hydrogen (secondary N) is 1. The number of nitrogens with zero attached hydrogens (tertiary/aromatic N) is 3. The quantitative estimate of drug-likeness (QED) is 0.334. The molecule has 1 aliphatic rings. The van der Waals surface area contributed by atoms with Crippen LogP contribution in [0.25, 0.3) is 11.0 Å². The highest BCUT2D eigenvalue weighted by molar-refractivity contribution is 6.30. The van der Waals surface area contributed by atoms with Gasteiger partial charge in [0.25, 0.3) is 0 Å². The van der Waals surface area contributed by atoms with E-state index in [-0.39, 0.29) is 0 Å². The van der Waals surface area contributed by atoms with Gasteiger partial charge in [0.15, 0.2) is 5.49 Å². The number of hydrogen-bond donors (Lipinski definition) is 5. The van der Waals surface area contributed by atoms with Crippen molar-refractivity contribution < 1.29 is 15.3 Å². The van der Waals surface area contributed by atoms with Crippen LogP contribution in [-0.2, 0) is 0 Å². The lowest BCUT2D eigenvalue weighted by Gasteiger charge is -2.22. The maximum absolute atomic E-state index is 10.7. The Balaban J connectivity index is 1.67. The highest BCUT2D eigenvalue weighted by Crippen LogP contribution is 2.42. The average molecular weight is 390 g/mol. The molecule has 142 valence electrons. The zero-order valence-electron chi connectivity index (χ0n) is 14.3. The van der Waals surface area contributed by atoms with E-state index in [0.717, 1.165) is 0 Å². The van der Waals surface area contributed by atoms with Crippen LogP contribution in [0.4, 0.5) is 0 Å². The summed E-state index contributed by atoms with van der Waals surface area (Å²) in [5.41, 5.74) is 1.72. The number of H-pyrrole nitrogens is 1. The largest absolute Gasteiger partial charge is 0.390 e. The summed E-state index contributed by atoms with van der Waals surface area (Å²) in [5, 5.41) is 36.9. The van der Waals surface area contributed by atoms with E-state index in [1.807, 2.05) is 4.57 Å². The number of aliphatic hydroxyl groups excluding tert-OH is 3. The molecule has 2 heterocycles. The molecule has 1 fully saturated rings. The lowest BCUT2D eigenvalue weighted by molar-refractivity contribution is -0.0264. The molecule has 0 amide bonds. The Morgan fingerprint density at radius 3 is 2.67 bits per heavy atom. The Bertz CT molecular complexity index is 1020. The predicted octanol–water partition coefficient (Wildman–Crippen LogP) is 0.809. The number of benzene rings is 1. The number of fused-ring (bicyclic) bond motifs is 1. The topological polar surface area (TPSA) is 133 Å². The highest BCUT2D eigenvalue weighted by atomic mass is 35.5. The van der Waals surface area contributed by atoms with Gasteiger partial charge in [0.1, 0.15) is 11.8 Å². The molecule has 2 aromatic heterocycles. The zero-order valence-corrected chi connectivity index (χ0v) is 15.0. The molecule has 1 aliphatic carbocycles. The van der Waals surface area contributed by atoms with E-state index in [1.54, 1.807) is 36.5 Å². The van der Waals surface area contributed by atoms with Gasteiger partial charge in [-0.1, -0.05) is 23.7 Å². The van der Waals surface area contributed by atoms with Crippen LogP contribution in [0, 0.1) is 5.92 Å². The van der Waals surface area contributed by atoms with E-state index in [1.165, 1.54) is 6.33 Å². The first kappa shape index (κ1) is 18.0. The van der Waals surface area contributed by atoms with Crippen molar-refractivity contribution in [3.8, 4) is 0 Å². The second kappa shape index (κ2) is 6.97. The molecule has 0 spiro atoms. The smallest absolute Gasteiger partial charge is 0.183 e. The van der Waals surface area contributed by atoms with E-state index in [4.69, 9.17) is 17.4 Å². The highest BCUT2D eigenvalue weighted by Gasteiger charge is 2.46. The number of aliphatic hydroxyl groups is 3. The van der Waals surface area contributed by atoms with Crippen LogP contribution in [-0.4, -0.2) is 42.1 Å². The van der Waals surface area contributed by atoms with Crippen LogP contribution in [0.2, 0.25) is 5.02 Å². The van der Waals surface area contributed by atoms with E-state index in [9.17, 15) is 15.3 Å². The molecule has 8 nitrogen and oxygen atoms in total. The van der Waals surface area contributed by atoms with Gasteiger partial charge in [-0.05, 0) is 30.2 Å². The Morgan fingerprint density at radius 1 is 1.22 bits per heavy atom. The lowest BCUT2D eigenvalue weighted by Crippen LogP contribution is -2.31. The molecular weight excluding hydrogens is 370 g/mol. The Morgan fingerprint density at radius 2 is 1.96 bits per heavy atom. The number of rotatable bonds is 3. The standard InChI is InChI=1S/C18H20ClN5O3/c19-10-3-1-9(2-4-10)14(25)12-7-13(16(27)15(12)26)24-6-5-11-17(23-20)21-8-22-18(11)24/h1-6,8,12-16,25-27H,7,20H2,(H,21,22,23)/t12-,13-,14?,15-,16+/m1/s1. The van der Waals surface area contributed by atoms with Crippen molar-refractivity contribution >= 4 is 22.6 Å². The summed E-state index contributed by atoms with van der Waals surface area (Å²) in [6.45, 7) is 0.